The molecule has 0 bridgehead atoms. The lowest BCUT2D eigenvalue weighted by molar-refractivity contribution is 0.222. The Kier molecular flexibility index (Phi) is 2.44. The van der Waals surface area contributed by atoms with Gasteiger partial charge in [0, 0.05) is 11.3 Å². The van der Waals surface area contributed by atoms with Crippen LogP contribution >= 0.6 is 11.3 Å². The second-order valence-corrected chi connectivity index (χ2v) is 6.03. The number of aromatic nitrogens is 1. The van der Waals surface area contributed by atoms with Crippen molar-refractivity contribution in [2.75, 3.05) is 5.73 Å². The second-order valence-electron chi connectivity index (χ2n) is 5.14. The molecule has 1 saturated carbocycles. The molecule has 0 aliphatic heterocycles. The summed E-state index contributed by atoms with van der Waals surface area (Å²) < 4.78 is 0. The molecular formula is C14H16N2S. The van der Waals surface area contributed by atoms with Crippen LogP contribution in [0.4, 0.5) is 5.13 Å². The highest BCUT2D eigenvalue weighted by molar-refractivity contribution is 7.13. The SMILES string of the molecule is CC1(c2ccccc2)CC(c2csc(N)n2)C1. The number of nitrogen functional groups attached to an aromatic ring is 1. The molecule has 88 valence electrons. The lowest BCUT2D eigenvalue weighted by Gasteiger charge is -2.45. The van der Waals surface area contributed by atoms with Crippen molar-refractivity contribution in [2.45, 2.75) is 31.1 Å². The van der Waals surface area contributed by atoms with Crippen molar-refractivity contribution in [3.05, 3.63) is 47.0 Å². The van der Waals surface area contributed by atoms with Gasteiger partial charge in [-0.15, -0.1) is 11.3 Å². The van der Waals surface area contributed by atoms with Gasteiger partial charge in [-0.2, -0.15) is 0 Å². The predicted molar refractivity (Wildman–Crippen MR) is 72.3 cm³/mol. The summed E-state index contributed by atoms with van der Waals surface area (Å²) in [6.45, 7) is 2.34. The normalized spacial score (nSPS) is 27.7. The maximum absolute atomic E-state index is 5.68. The third-order valence-electron chi connectivity index (χ3n) is 3.82. The third kappa shape index (κ3) is 1.84. The number of benzene rings is 1. The number of hydrogen-bond acceptors (Lipinski definition) is 3. The van der Waals surface area contributed by atoms with Gasteiger partial charge in [-0.25, -0.2) is 4.98 Å². The van der Waals surface area contributed by atoms with Gasteiger partial charge in [-0.3, -0.25) is 0 Å². The minimum atomic E-state index is 0.324. The van der Waals surface area contributed by atoms with E-state index in [1.807, 2.05) is 0 Å². The average molecular weight is 244 g/mol. The molecule has 1 aliphatic carbocycles. The Morgan fingerprint density at radius 1 is 1.29 bits per heavy atom. The molecule has 0 radical (unpaired) electrons. The van der Waals surface area contributed by atoms with Crippen LogP contribution in [-0.4, -0.2) is 4.98 Å². The van der Waals surface area contributed by atoms with E-state index in [4.69, 9.17) is 5.73 Å². The zero-order valence-corrected chi connectivity index (χ0v) is 10.7. The first-order valence-electron chi connectivity index (χ1n) is 5.94. The Balaban J connectivity index is 1.75. The van der Waals surface area contributed by atoms with Crippen LogP contribution in [0.3, 0.4) is 0 Å². The Labute approximate surface area is 106 Å². The molecule has 0 spiro atoms. The van der Waals surface area contributed by atoms with E-state index in [0.29, 0.717) is 16.5 Å². The number of hydrogen-bond donors (Lipinski definition) is 1. The molecule has 1 aromatic carbocycles. The molecule has 1 heterocycles. The lowest BCUT2D eigenvalue weighted by atomic mass is 9.59. The van der Waals surface area contributed by atoms with Gasteiger partial charge < -0.3 is 5.73 Å². The molecule has 2 nitrogen and oxygen atoms in total. The summed E-state index contributed by atoms with van der Waals surface area (Å²) in [5, 5.41) is 2.79. The van der Waals surface area contributed by atoms with Crippen LogP contribution in [0.2, 0.25) is 0 Å². The molecule has 0 amide bonds. The van der Waals surface area contributed by atoms with E-state index in [1.165, 1.54) is 24.1 Å². The Bertz CT molecular complexity index is 512. The van der Waals surface area contributed by atoms with E-state index in [-0.39, 0.29) is 0 Å². The standard InChI is InChI=1S/C14H16N2S/c1-14(11-5-3-2-4-6-11)7-10(8-14)12-9-17-13(15)16-12/h2-6,9-10H,7-8H2,1H3,(H2,15,16). The van der Waals surface area contributed by atoms with Crippen LogP contribution in [0.15, 0.2) is 35.7 Å². The van der Waals surface area contributed by atoms with Gasteiger partial charge >= 0.3 is 0 Å². The van der Waals surface area contributed by atoms with Crippen molar-refractivity contribution >= 4 is 16.5 Å². The number of anilines is 1. The fraction of sp³-hybridized carbons (Fsp3) is 0.357. The summed E-state index contributed by atoms with van der Waals surface area (Å²) in [6.07, 6.45) is 2.36. The molecule has 3 rings (SSSR count). The highest BCUT2D eigenvalue weighted by Crippen LogP contribution is 2.52. The lowest BCUT2D eigenvalue weighted by Crippen LogP contribution is -2.37. The van der Waals surface area contributed by atoms with Crippen molar-refractivity contribution in [1.29, 1.82) is 0 Å². The van der Waals surface area contributed by atoms with Gasteiger partial charge in [0.25, 0.3) is 0 Å². The van der Waals surface area contributed by atoms with Crippen molar-refractivity contribution in [3.63, 3.8) is 0 Å². The van der Waals surface area contributed by atoms with Crippen molar-refractivity contribution in [3.8, 4) is 0 Å². The van der Waals surface area contributed by atoms with Crippen molar-refractivity contribution in [1.82, 2.24) is 4.98 Å². The van der Waals surface area contributed by atoms with Gasteiger partial charge in [0.1, 0.15) is 0 Å². The topological polar surface area (TPSA) is 38.9 Å². The van der Waals surface area contributed by atoms with E-state index >= 15 is 0 Å². The monoisotopic (exact) mass is 244 g/mol. The molecule has 0 saturated heterocycles. The fourth-order valence-electron chi connectivity index (χ4n) is 2.80. The first-order chi connectivity index (χ1) is 8.17. The first kappa shape index (κ1) is 10.8. The van der Waals surface area contributed by atoms with Crippen LogP contribution in [0.5, 0.6) is 0 Å². The molecule has 17 heavy (non-hydrogen) atoms. The molecule has 1 aromatic heterocycles. The van der Waals surface area contributed by atoms with Gasteiger partial charge in [-0.1, -0.05) is 37.3 Å². The van der Waals surface area contributed by atoms with E-state index in [0.717, 1.165) is 0 Å². The molecule has 1 aliphatic rings. The maximum Gasteiger partial charge on any atom is 0.180 e. The minimum Gasteiger partial charge on any atom is -0.375 e. The Morgan fingerprint density at radius 2 is 2.00 bits per heavy atom. The summed E-state index contributed by atoms with van der Waals surface area (Å²) in [4.78, 5) is 4.39. The molecule has 0 atom stereocenters. The molecule has 0 unspecified atom stereocenters. The van der Waals surface area contributed by atoms with Crippen LogP contribution in [-0.2, 0) is 5.41 Å². The van der Waals surface area contributed by atoms with Crippen LogP contribution in [0.1, 0.15) is 36.9 Å². The Hall–Kier alpha value is -1.35. The quantitative estimate of drug-likeness (QED) is 0.877. The van der Waals surface area contributed by atoms with Crippen LogP contribution in [0.25, 0.3) is 0 Å². The summed E-state index contributed by atoms with van der Waals surface area (Å²) in [5.41, 5.74) is 8.63. The highest BCUT2D eigenvalue weighted by Gasteiger charge is 2.42. The molecule has 3 heteroatoms. The van der Waals surface area contributed by atoms with Gasteiger partial charge in [0.15, 0.2) is 5.13 Å². The third-order valence-corrected chi connectivity index (χ3v) is 4.51. The predicted octanol–water partition coefficient (Wildman–Crippen LogP) is 3.56. The fourth-order valence-corrected chi connectivity index (χ4v) is 3.45. The summed E-state index contributed by atoms with van der Waals surface area (Å²) in [5.74, 6) is 0.591. The smallest absolute Gasteiger partial charge is 0.180 e. The Morgan fingerprint density at radius 3 is 2.59 bits per heavy atom. The van der Waals surface area contributed by atoms with E-state index < -0.39 is 0 Å². The second kappa shape index (κ2) is 3.84. The minimum absolute atomic E-state index is 0.324. The molecular weight excluding hydrogens is 228 g/mol. The number of nitrogens with zero attached hydrogens (tertiary/aromatic N) is 1. The summed E-state index contributed by atoms with van der Waals surface area (Å²) in [6, 6.07) is 10.8. The van der Waals surface area contributed by atoms with Crippen molar-refractivity contribution in [2.24, 2.45) is 0 Å². The summed E-state index contributed by atoms with van der Waals surface area (Å²) in [7, 11) is 0. The molecule has 2 N–H and O–H groups in total. The molecule has 2 aromatic rings. The molecule has 1 fully saturated rings. The largest absolute Gasteiger partial charge is 0.375 e. The van der Waals surface area contributed by atoms with Gasteiger partial charge in [0.2, 0.25) is 0 Å². The summed E-state index contributed by atoms with van der Waals surface area (Å²) >= 11 is 1.54. The zero-order valence-electron chi connectivity index (χ0n) is 9.89. The average Bonchev–Trinajstić information content (AvgIpc) is 2.73. The zero-order chi connectivity index (χ0) is 11.9. The highest BCUT2D eigenvalue weighted by atomic mass is 32.1. The number of rotatable bonds is 2. The van der Waals surface area contributed by atoms with E-state index in [9.17, 15) is 0 Å². The van der Waals surface area contributed by atoms with Crippen LogP contribution in [0, 0.1) is 0 Å². The number of thiazole rings is 1. The van der Waals surface area contributed by atoms with Gasteiger partial charge in [0.05, 0.1) is 5.69 Å². The van der Waals surface area contributed by atoms with Crippen LogP contribution < -0.4 is 5.73 Å². The van der Waals surface area contributed by atoms with Crippen molar-refractivity contribution < 1.29 is 0 Å². The maximum atomic E-state index is 5.68. The number of nitrogens with two attached hydrogens (primary N) is 1. The van der Waals surface area contributed by atoms with E-state index in [2.05, 4.69) is 47.6 Å². The van der Waals surface area contributed by atoms with Gasteiger partial charge in [-0.05, 0) is 23.8 Å². The first-order valence-corrected chi connectivity index (χ1v) is 6.82. The van der Waals surface area contributed by atoms with E-state index in [1.54, 1.807) is 11.3 Å².